The Kier molecular flexibility index (Phi) is 5.26. The molecule has 0 amide bonds. The second-order valence-corrected chi connectivity index (χ2v) is 5.96. The van der Waals surface area contributed by atoms with Gasteiger partial charge in [0, 0.05) is 25.3 Å². The Morgan fingerprint density at radius 1 is 1.16 bits per heavy atom. The normalized spacial score (nSPS) is 23.9. The molecule has 0 bridgehead atoms. The molecule has 1 N–H and O–H groups in total. The molecule has 106 valence electrons. The van der Waals surface area contributed by atoms with Gasteiger partial charge in [-0.3, -0.25) is 0 Å². The summed E-state index contributed by atoms with van der Waals surface area (Å²) in [5.41, 5.74) is 2.75. The summed E-state index contributed by atoms with van der Waals surface area (Å²) in [5.74, 6) is 0.775. The van der Waals surface area contributed by atoms with Crippen LogP contribution in [-0.4, -0.2) is 26.7 Å². The molecular weight excluding hydrogens is 232 g/mol. The number of anilines is 1. The molecule has 1 aromatic carbocycles. The molecule has 1 fully saturated rings. The molecule has 0 heterocycles. The minimum Gasteiger partial charge on any atom is -0.374 e. The summed E-state index contributed by atoms with van der Waals surface area (Å²) in [5, 5.41) is 3.54. The van der Waals surface area contributed by atoms with Gasteiger partial charge in [-0.25, -0.2) is 0 Å². The van der Waals surface area contributed by atoms with E-state index in [1.165, 1.54) is 43.4 Å². The SMILES string of the molecule is CNC1CCCCCC1CN(C)c1ccccc1C. The lowest BCUT2D eigenvalue weighted by atomic mass is 9.94. The van der Waals surface area contributed by atoms with Crippen molar-refractivity contribution in [3.8, 4) is 0 Å². The summed E-state index contributed by atoms with van der Waals surface area (Å²) in [6.07, 6.45) is 6.88. The number of para-hydroxylation sites is 1. The van der Waals surface area contributed by atoms with Crippen molar-refractivity contribution in [3.63, 3.8) is 0 Å². The highest BCUT2D eigenvalue weighted by Gasteiger charge is 2.23. The van der Waals surface area contributed by atoms with Gasteiger partial charge in [0.1, 0.15) is 0 Å². The van der Waals surface area contributed by atoms with Crippen molar-refractivity contribution in [2.45, 2.75) is 45.1 Å². The average molecular weight is 260 g/mol. The first kappa shape index (κ1) is 14.4. The summed E-state index contributed by atoms with van der Waals surface area (Å²) in [4.78, 5) is 2.44. The maximum atomic E-state index is 3.54. The minimum absolute atomic E-state index is 0.689. The van der Waals surface area contributed by atoms with Gasteiger partial charge in [0.05, 0.1) is 0 Å². The summed E-state index contributed by atoms with van der Waals surface area (Å²) in [7, 11) is 4.36. The minimum atomic E-state index is 0.689. The molecule has 0 radical (unpaired) electrons. The van der Waals surface area contributed by atoms with E-state index in [-0.39, 0.29) is 0 Å². The van der Waals surface area contributed by atoms with Crippen molar-refractivity contribution < 1.29 is 0 Å². The Morgan fingerprint density at radius 2 is 1.89 bits per heavy atom. The molecule has 0 spiro atoms. The van der Waals surface area contributed by atoms with E-state index in [1.807, 2.05) is 0 Å². The molecule has 2 heteroatoms. The van der Waals surface area contributed by atoms with Crippen molar-refractivity contribution in [2.24, 2.45) is 5.92 Å². The van der Waals surface area contributed by atoms with Gasteiger partial charge in [-0.1, -0.05) is 37.5 Å². The van der Waals surface area contributed by atoms with E-state index < -0.39 is 0 Å². The quantitative estimate of drug-likeness (QED) is 0.832. The van der Waals surface area contributed by atoms with E-state index in [1.54, 1.807) is 0 Å². The van der Waals surface area contributed by atoms with Crippen LogP contribution in [0.25, 0.3) is 0 Å². The molecule has 2 unspecified atom stereocenters. The van der Waals surface area contributed by atoms with E-state index >= 15 is 0 Å². The number of rotatable bonds is 4. The maximum absolute atomic E-state index is 3.54. The van der Waals surface area contributed by atoms with E-state index in [2.05, 4.69) is 55.5 Å². The molecule has 1 aliphatic carbocycles. The molecule has 19 heavy (non-hydrogen) atoms. The van der Waals surface area contributed by atoms with Crippen molar-refractivity contribution in [3.05, 3.63) is 29.8 Å². The van der Waals surface area contributed by atoms with Gasteiger partial charge < -0.3 is 10.2 Å². The summed E-state index contributed by atoms with van der Waals surface area (Å²) < 4.78 is 0. The smallest absolute Gasteiger partial charge is 0.0393 e. The van der Waals surface area contributed by atoms with Crippen LogP contribution in [0.2, 0.25) is 0 Å². The highest BCUT2D eigenvalue weighted by molar-refractivity contribution is 5.52. The summed E-state index contributed by atoms with van der Waals surface area (Å²) in [6, 6.07) is 9.39. The third-order valence-corrected chi connectivity index (χ3v) is 4.56. The van der Waals surface area contributed by atoms with Crippen LogP contribution in [0.4, 0.5) is 5.69 Å². The number of nitrogens with zero attached hydrogens (tertiary/aromatic N) is 1. The maximum Gasteiger partial charge on any atom is 0.0393 e. The Hall–Kier alpha value is -1.02. The van der Waals surface area contributed by atoms with Crippen molar-refractivity contribution in [1.82, 2.24) is 5.32 Å². The first-order valence-corrected chi connectivity index (χ1v) is 7.66. The lowest BCUT2D eigenvalue weighted by molar-refractivity contribution is 0.356. The fourth-order valence-corrected chi connectivity index (χ4v) is 3.42. The molecule has 1 saturated carbocycles. The van der Waals surface area contributed by atoms with Crippen LogP contribution in [0.3, 0.4) is 0 Å². The van der Waals surface area contributed by atoms with E-state index in [0.29, 0.717) is 6.04 Å². The molecule has 0 aromatic heterocycles. The first-order valence-electron chi connectivity index (χ1n) is 7.66. The van der Waals surface area contributed by atoms with Crippen molar-refractivity contribution in [2.75, 3.05) is 25.5 Å². The fraction of sp³-hybridized carbons (Fsp3) is 0.647. The lowest BCUT2D eigenvalue weighted by Gasteiger charge is -2.31. The van der Waals surface area contributed by atoms with Crippen molar-refractivity contribution in [1.29, 1.82) is 0 Å². The van der Waals surface area contributed by atoms with Gasteiger partial charge in [-0.15, -0.1) is 0 Å². The Bertz CT molecular complexity index is 389. The fourth-order valence-electron chi connectivity index (χ4n) is 3.42. The molecule has 2 rings (SSSR count). The van der Waals surface area contributed by atoms with E-state index in [4.69, 9.17) is 0 Å². The Morgan fingerprint density at radius 3 is 2.63 bits per heavy atom. The molecular formula is C17H28N2. The van der Waals surface area contributed by atoms with Crippen LogP contribution in [0.5, 0.6) is 0 Å². The second kappa shape index (κ2) is 6.95. The standard InChI is InChI=1S/C17H28N2/c1-14-9-7-8-12-17(14)19(3)13-15-10-5-4-6-11-16(15)18-2/h7-9,12,15-16,18H,4-6,10-11,13H2,1-3H3. The Balaban J connectivity index is 2.04. The van der Waals surface area contributed by atoms with Crippen LogP contribution in [-0.2, 0) is 0 Å². The number of hydrogen-bond acceptors (Lipinski definition) is 2. The topological polar surface area (TPSA) is 15.3 Å². The summed E-state index contributed by atoms with van der Waals surface area (Å²) in [6.45, 7) is 3.37. The van der Waals surface area contributed by atoms with Gasteiger partial charge in [0.25, 0.3) is 0 Å². The van der Waals surface area contributed by atoms with Gasteiger partial charge in [-0.05, 0) is 44.4 Å². The van der Waals surface area contributed by atoms with Gasteiger partial charge >= 0.3 is 0 Å². The lowest BCUT2D eigenvalue weighted by Crippen LogP contribution is -2.39. The molecule has 0 saturated heterocycles. The largest absolute Gasteiger partial charge is 0.374 e. The number of nitrogens with one attached hydrogen (secondary N) is 1. The number of benzene rings is 1. The molecule has 0 aliphatic heterocycles. The summed E-state index contributed by atoms with van der Waals surface area (Å²) >= 11 is 0. The predicted molar refractivity (Wildman–Crippen MR) is 83.9 cm³/mol. The monoisotopic (exact) mass is 260 g/mol. The predicted octanol–water partition coefficient (Wildman–Crippen LogP) is 3.60. The molecule has 1 aromatic rings. The average Bonchev–Trinajstić information content (AvgIpc) is 2.64. The van der Waals surface area contributed by atoms with Gasteiger partial charge in [-0.2, -0.15) is 0 Å². The van der Waals surface area contributed by atoms with Gasteiger partial charge in [0.2, 0.25) is 0 Å². The van der Waals surface area contributed by atoms with E-state index in [9.17, 15) is 0 Å². The van der Waals surface area contributed by atoms with Crippen LogP contribution < -0.4 is 10.2 Å². The van der Waals surface area contributed by atoms with Crippen LogP contribution in [0, 0.1) is 12.8 Å². The number of hydrogen-bond donors (Lipinski definition) is 1. The zero-order valence-electron chi connectivity index (χ0n) is 12.7. The van der Waals surface area contributed by atoms with E-state index in [0.717, 1.165) is 12.5 Å². The second-order valence-electron chi connectivity index (χ2n) is 5.96. The Labute approximate surface area is 118 Å². The number of aryl methyl sites for hydroxylation is 1. The third kappa shape index (κ3) is 3.73. The highest BCUT2D eigenvalue weighted by atomic mass is 15.1. The highest BCUT2D eigenvalue weighted by Crippen LogP contribution is 2.26. The zero-order chi connectivity index (χ0) is 13.7. The zero-order valence-corrected chi connectivity index (χ0v) is 12.7. The molecule has 2 nitrogen and oxygen atoms in total. The molecule has 2 atom stereocenters. The van der Waals surface area contributed by atoms with Gasteiger partial charge in [0.15, 0.2) is 0 Å². The molecule has 1 aliphatic rings. The van der Waals surface area contributed by atoms with Crippen molar-refractivity contribution >= 4 is 5.69 Å². The third-order valence-electron chi connectivity index (χ3n) is 4.56. The van der Waals surface area contributed by atoms with Crippen LogP contribution >= 0.6 is 0 Å². The first-order chi connectivity index (χ1) is 9.22. The van der Waals surface area contributed by atoms with Crippen LogP contribution in [0.1, 0.15) is 37.7 Å². The van der Waals surface area contributed by atoms with Crippen LogP contribution in [0.15, 0.2) is 24.3 Å².